The normalized spacial score (nSPS) is 11.8. The lowest BCUT2D eigenvalue weighted by atomic mass is 10.1. The summed E-state index contributed by atoms with van der Waals surface area (Å²) in [5.41, 5.74) is 2.93. The quantitative estimate of drug-likeness (QED) is 0.0999. The number of aromatic nitrogens is 2. The number of ketones is 1. The molecule has 47 heavy (non-hydrogen) atoms. The van der Waals surface area contributed by atoms with Crippen molar-refractivity contribution in [1.82, 2.24) is 14.9 Å². The van der Waals surface area contributed by atoms with E-state index in [4.69, 9.17) is 35.5 Å². The van der Waals surface area contributed by atoms with Crippen molar-refractivity contribution in [1.29, 1.82) is 0 Å². The van der Waals surface area contributed by atoms with Gasteiger partial charge in [0.25, 0.3) is 11.5 Å². The molecule has 0 unspecified atom stereocenters. The number of thioether (sulfide) groups is 1. The van der Waals surface area contributed by atoms with Gasteiger partial charge in [0.1, 0.15) is 0 Å². The predicted molar refractivity (Wildman–Crippen MR) is 180 cm³/mol. The lowest BCUT2D eigenvalue weighted by Gasteiger charge is -2.14. The SMILES string of the molecule is COc1ccc(CCNC(=O)c2ccc(Cn3c(SCC(=O)c4ccc(Cl)cc4)nc4cc5c(cc4c3=O)OCO5)cc2)cc1OC. The fourth-order valence-corrected chi connectivity index (χ4v) is 6.11. The fourth-order valence-electron chi connectivity index (χ4n) is 5.09. The molecule has 4 aromatic carbocycles. The number of ether oxygens (including phenoxy) is 4. The maximum Gasteiger partial charge on any atom is 0.262 e. The molecule has 6 rings (SSSR count). The zero-order valence-corrected chi connectivity index (χ0v) is 27.2. The number of hydrogen-bond donors (Lipinski definition) is 1. The molecule has 10 nitrogen and oxygen atoms in total. The number of methoxy groups -OCH3 is 2. The number of amides is 1. The van der Waals surface area contributed by atoms with E-state index < -0.39 is 0 Å². The van der Waals surface area contributed by atoms with Gasteiger partial charge in [0, 0.05) is 28.8 Å². The van der Waals surface area contributed by atoms with E-state index in [2.05, 4.69) is 5.32 Å². The molecule has 1 aliphatic rings. The van der Waals surface area contributed by atoms with E-state index in [1.54, 1.807) is 74.9 Å². The Hall–Kier alpha value is -5.00. The molecule has 1 N–H and O–H groups in total. The number of nitrogens with one attached hydrogen (secondary N) is 1. The summed E-state index contributed by atoms with van der Waals surface area (Å²) in [5, 5.41) is 4.23. The topological polar surface area (TPSA) is 118 Å². The van der Waals surface area contributed by atoms with Crippen LogP contribution in [0.25, 0.3) is 10.9 Å². The van der Waals surface area contributed by atoms with Crippen LogP contribution in [-0.4, -0.2) is 54.6 Å². The van der Waals surface area contributed by atoms with Gasteiger partial charge < -0.3 is 24.3 Å². The van der Waals surface area contributed by atoms with E-state index >= 15 is 0 Å². The first-order valence-corrected chi connectivity index (χ1v) is 16.0. The molecule has 0 spiro atoms. The van der Waals surface area contributed by atoms with Gasteiger partial charge in [-0.25, -0.2) is 4.98 Å². The summed E-state index contributed by atoms with van der Waals surface area (Å²) in [6, 6.07) is 22.6. The molecule has 1 aromatic heterocycles. The minimum atomic E-state index is -0.285. The third kappa shape index (κ3) is 7.21. The molecule has 0 saturated heterocycles. The summed E-state index contributed by atoms with van der Waals surface area (Å²) in [6.45, 7) is 0.671. The summed E-state index contributed by atoms with van der Waals surface area (Å²) in [7, 11) is 3.17. The molecule has 240 valence electrons. The van der Waals surface area contributed by atoms with Crippen LogP contribution < -0.4 is 29.8 Å². The predicted octanol–water partition coefficient (Wildman–Crippen LogP) is 5.79. The van der Waals surface area contributed by atoms with Crippen molar-refractivity contribution < 1.29 is 28.5 Å². The van der Waals surface area contributed by atoms with Crippen LogP contribution in [0.2, 0.25) is 5.02 Å². The summed E-state index contributed by atoms with van der Waals surface area (Å²) in [6.07, 6.45) is 0.614. The van der Waals surface area contributed by atoms with Crippen LogP contribution in [0.15, 0.2) is 88.8 Å². The fraction of sp³-hybridized carbons (Fsp3) is 0.200. The van der Waals surface area contributed by atoms with E-state index in [-0.39, 0.29) is 36.3 Å². The number of carbonyl (C=O) groups excluding carboxylic acids is 2. The van der Waals surface area contributed by atoms with Crippen molar-refractivity contribution in [2.24, 2.45) is 0 Å². The van der Waals surface area contributed by atoms with Crippen molar-refractivity contribution in [3.8, 4) is 23.0 Å². The maximum atomic E-state index is 13.8. The highest BCUT2D eigenvalue weighted by atomic mass is 35.5. The van der Waals surface area contributed by atoms with Gasteiger partial charge in [0.05, 0.1) is 37.4 Å². The first-order valence-electron chi connectivity index (χ1n) is 14.7. The minimum Gasteiger partial charge on any atom is -0.493 e. The zero-order valence-electron chi connectivity index (χ0n) is 25.6. The maximum absolute atomic E-state index is 13.8. The minimum absolute atomic E-state index is 0.0621. The number of carbonyl (C=O) groups is 2. The highest BCUT2D eigenvalue weighted by Gasteiger charge is 2.20. The van der Waals surface area contributed by atoms with Gasteiger partial charge >= 0.3 is 0 Å². The summed E-state index contributed by atoms with van der Waals surface area (Å²) >= 11 is 7.15. The molecular weight excluding hydrogens is 642 g/mol. The number of benzene rings is 4. The molecule has 1 amide bonds. The van der Waals surface area contributed by atoms with Gasteiger partial charge in [0.15, 0.2) is 33.9 Å². The molecule has 0 atom stereocenters. The Labute approximate surface area is 279 Å². The number of halogens is 1. The average Bonchev–Trinajstić information content (AvgIpc) is 3.56. The standard InChI is InChI=1S/C35H30ClN3O7S/c1-43-29-12-5-21(15-30(29)44-2)13-14-37-33(41)24-6-3-22(4-7-24)18-39-34(42)26-16-31-32(46-20-45-31)17-27(26)38-35(39)47-19-28(40)23-8-10-25(36)11-9-23/h3-12,15-17H,13-14,18-20H2,1-2H3,(H,37,41). The van der Waals surface area contributed by atoms with Crippen LogP contribution in [0.5, 0.6) is 23.0 Å². The summed E-state index contributed by atoms with van der Waals surface area (Å²) < 4.78 is 23.1. The van der Waals surface area contributed by atoms with E-state index in [0.717, 1.165) is 11.1 Å². The Morgan fingerprint density at radius 2 is 1.57 bits per heavy atom. The number of Topliss-reactive ketones (excluding diaryl/α,β-unsaturated/α-hetero) is 1. The van der Waals surface area contributed by atoms with Crippen molar-refractivity contribution in [3.63, 3.8) is 0 Å². The first-order chi connectivity index (χ1) is 22.8. The number of nitrogens with zero attached hydrogens (tertiary/aromatic N) is 2. The molecule has 0 saturated carbocycles. The Balaban J connectivity index is 1.18. The molecule has 0 bridgehead atoms. The van der Waals surface area contributed by atoms with Crippen LogP contribution in [0.4, 0.5) is 0 Å². The van der Waals surface area contributed by atoms with Crippen LogP contribution in [-0.2, 0) is 13.0 Å². The summed E-state index contributed by atoms with van der Waals surface area (Å²) in [5.74, 6) is 1.98. The third-order valence-corrected chi connectivity index (χ3v) is 8.84. The van der Waals surface area contributed by atoms with Crippen LogP contribution in [0, 0.1) is 0 Å². The highest BCUT2D eigenvalue weighted by Crippen LogP contribution is 2.35. The molecular formula is C35H30ClN3O7S. The lowest BCUT2D eigenvalue weighted by molar-refractivity contribution is 0.0953. The largest absolute Gasteiger partial charge is 0.493 e. The zero-order chi connectivity index (χ0) is 32.9. The monoisotopic (exact) mass is 671 g/mol. The summed E-state index contributed by atoms with van der Waals surface area (Å²) in [4.78, 5) is 44.4. The van der Waals surface area contributed by atoms with Crippen LogP contribution in [0.1, 0.15) is 31.8 Å². The van der Waals surface area contributed by atoms with Crippen LogP contribution >= 0.6 is 23.4 Å². The van der Waals surface area contributed by atoms with Gasteiger partial charge in [-0.1, -0.05) is 41.6 Å². The third-order valence-electron chi connectivity index (χ3n) is 7.62. The van der Waals surface area contributed by atoms with E-state index in [1.807, 2.05) is 18.2 Å². The van der Waals surface area contributed by atoms with E-state index in [1.165, 1.54) is 16.3 Å². The first kappa shape index (κ1) is 32.0. The number of fused-ring (bicyclic) bond motifs is 2. The van der Waals surface area contributed by atoms with Gasteiger partial charge in [0.2, 0.25) is 6.79 Å². The van der Waals surface area contributed by atoms with Gasteiger partial charge in [-0.2, -0.15) is 0 Å². The molecule has 2 heterocycles. The number of hydrogen-bond acceptors (Lipinski definition) is 9. The second kappa shape index (κ2) is 14.2. The van der Waals surface area contributed by atoms with Crippen molar-refractivity contribution >= 4 is 46.0 Å². The number of rotatable bonds is 12. The Morgan fingerprint density at radius 3 is 2.30 bits per heavy atom. The van der Waals surface area contributed by atoms with Crippen molar-refractivity contribution in [2.45, 2.75) is 18.1 Å². The molecule has 0 aliphatic carbocycles. The Kier molecular flexibility index (Phi) is 9.65. The molecule has 0 radical (unpaired) electrons. The smallest absolute Gasteiger partial charge is 0.262 e. The van der Waals surface area contributed by atoms with E-state index in [0.29, 0.717) is 68.2 Å². The molecule has 12 heteroatoms. The average molecular weight is 672 g/mol. The lowest BCUT2D eigenvalue weighted by Crippen LogP contribution is -2.26. The Bertz CT molecular complexity index is 2010. The van der Waals surface area contributed by atoms with Gasteiger partial charge in [-0.3, -0.25) is 19.0 Å². The highest BCUT2D eigenvalue weighted by molar-refractivity contribution is 7.99. The second-order valence-electron chi connectivity index (χ2n) is 10.6. The molecule has 5 aromatic rings. The van der Waals surface area contributed by atoms with Crippen molar-refractivity contribution in [2.75, 3.05) is 33.3 Å². The second-order valence-corrected chi connectivity index (χ2v) is 12.0. The van der Waals surface area contributed by atoms with Crippen molar-refractivity contribution in [3.05, 3.63) is 116 Å². The van der Waals surface area contributed by atoms with E-state index in [9.17, 15) is 14.4 Å². The molecule has 0 fully saturated rings. The van der Waals surface area contributed by atoms with Gasteiger partial charge in [-0.05, 0) is 72.1 Å². The Morgan fingerprint density at radius 1 is 0.894 bits per heavy atom. The van der Waals surface area contributed by atoms with Gasteiger partial charge in [-0.15, -0.1) is 0 Å². The molecule has 1 aliphatic heterocycles. The van der Waals surface area contributed by atoms with Crippen LogP contribution in [0.3, 0.4) is 0 Å².